The van der Waals surface area contributed by atoms with Crippen LogP contribution in [0.1, 0.15) is 16.7 Å². The van der Waals surface area contributed by atoms with Crippen LogP contribution in [0.15, 0.2) is 42.5 Å². The maximum absolute atomic E-state index is 12.4. The number of piperazine rings is 1. The van der Waals surface area contributed by atoms with Crippen molar-refractivity contribution in [3.8, 4) is 11.5 Å². The molecule has 6 nitrogen and oxygen atoms in total. The van der Waals surface area contributed by atoms with Gasteiger partial charge in [-0.1, -0.05) is 35.9 Å². The number of fused-ring (bicyclic) bond motifs is 1. The highest BCUT2D eigenvalue weighted by Crippen LogP contribution is 2.32. The first-order valence-corrected chi connectivity index (χ1v) is 9.86. The molecular weight excluding hydrogens is 354 g/mol. The van der Waals surface area contributed by atoms with Crippen LogP contribution >= 0.6 is 0 Å². The molecule has 0 spiro atoms. The third kappa shape index (κ3) is 4.57. The van der Waals surface area contributed by atoms with Gasteiger partial charge in [-0.25, -0.2) is 4.79 Å². The summed E-state index contributed by atoms with van der Waals surface area (Å²) in [6, 6.07) is 14.6. The number of benzene rings is 2. The number of nitrogens with one attached hydrogen (secondary N) is 1. The van der Waals surface area contributed by atoms with Gasteiger partial charge in [0, 0.05) is 39.3 Å². The molecule has 0 bridgehead atoms. The van der Waals surface area contributed by atoms with Gasteiger partial charge in [-0.15, -0.1) is 0 Å². The lowest BCUT2D eigenvalue weighted by Gasteiger charge is -2.34. The zero-order valence-corrected chi connectivity index (χ0v) is 16.3. The van der Waals surface area contributed by atoms with Gasteiger partial charge < -0.3 is 19.7 Å². The largest absolute Gasteiger partial charge is 0.454 e. The molecule has 2 aromatic carbocycles. The number of aryl methyl sites for hydroxylation is 1. The Bertz CT molecular complexity index is 814. The topological polar surface area (TPSA) is 54.0 Å². The number of nitrogens with zero attached hydrogens (tertiary/aromatic N) is 2. The molecule has 2 amide bonds. The van der Waals surface area contributed by atoms with Crippen molar-refractivity contribution in [1.82, 2.24) is 15.1 Å². The van der Waals surface area contributed by atoms with Gasteiger partial charge in [0.2, 0.25) is 6.79 Å². The molecule has 4 rings (SSSR count). The number of ether oxygens (including phenoxy) is 2. The van der Waals surface area contributed by atoms with E-state index in [1.807, 2.05) is 17.0 Å². The van der Waals surface area contributed by atoms with E-state index >= 15 is 0 Å². The second-order valence-corrected chi connectivity index (χ2v) is 7.42. The van der Waals surface area contributed by atoms with Gasteiger partial charge in [0.1, 0.15) is 0 Å². The van der Waals surface area contributed by atoms with E-state index in [1.165, 1.54) is 16.7 Å². The molecule has 1 saturated heterocycles. The zero-order chi connectivity index (χ0) is 19.3. The van der Waals surface area contributed by atoms with Crippen LogP contribution in [-0.2, 0) is 13.0 Å². The molecule has 6 heteroatoms. The zero-order valence-electron chi connectivity index (χ0n) is 16.3. The predicted octanol–water partition coefficient (Wildman–Crippen LogP) is 2.79. The molecule has 2 aliphatic rings. The summed E-state index contributed by atoms with van der Waals surface area (Å²) in [5.74, 6) is 1.64. The van der Waals surface area contributed by atoms with Gasteiger partial charge in [-0.3, -0.25) is 4.90 Å². The van der Waals surface area contributed by atoms with E-state index in [1.54, 1.807) is 0 Å². The monoisotopic (exact) mass is 381 g/mol. The van der Waals surface area contributed by atoms with E-state index < -0.39 is 0 Å². The summed E-state index contributed by atoms with van der Waals surface area (Å²) < 4.78 is 10.8. The van der Waals surface area contributed by atoms with Gasteiger partial charge in [0.15, 0.2) is 11.5 Å². The average molecular weight is 381 g/mol. The minimum absolute atomic E-state index is 0.0369. The van der Waals surface area contributed by atoms with Crippen LogP contribution in [0.25, 0.3) is 0 Å². The molecule has 0 radical (unpaired) electrons. The fourth-order valence-electron chi connectivity index (χ4n) is 3.59. The Kier molecular flexibility index (Phi) is 5.67. The first-order chi connectivity index (χ1) is 13.7. The lowest BCUT2D eigenvalue weighted by Crippen LogP contribution is -2.51. The summed E-state index contributed by atoms with van der Waals surface area (Å²) in [5.41, 5.74) is 3.71. The molecule has 0 aromatic heterocycles. The fraction of sp³-hybridized carbons (Fsp3) is 0.409. The molecule has 0 unspecified atom stereocenters. The molecule has 1 fully saturated rings. The van der Waals surface area contributed by atoms with Crippen LogP contribution in [-0.4, -0.2) is 55.3 Å². The van der Waals surface area contributed by atoms with E-state index in [4.69, 9.17) is 9.47 Å². The Labute approximate surface area is 166 Å². The van der Waals surface area contributed by atoms with Crippen LogP contribution < -0.4 is 14.8 Å². The third-order valence-electron chi connectivity index (χ3n) is 5.31. The van der Waals surface area contributed by atoms with E-state index in [-0.39, 0.29) is 6.03 Å². The summed E-state index contributed by atoms with van der Waals surface area (Å²) in [5, 5.41) is 3.05. The maximum atomic E-state index is 12.4. The van der Waals surface area contributed by atoms with Crippen LogP contribution in [0.3, 0.4) is 0 Å². The number of carbonyl (C=O) groups is 1. The van der Waals surface area contributed by atoms with E-state index in [9.17, 15) is 4.79 Å². The van der Waals surface area contributed by atoms with Crippen molar-refractivity contribution in [2.24, 2.45) is 0 Å². The smallest absolute Gasteiger partial charge is 0.317 e. The Morgan fingerprint density at radius 1 is 0.964 bits per heavy atom. The Balaban J connectivity index is 1.19. The molecule has 148 valence electrons. The van der Waals surface area contributed by atoms with Gasteiger partial charge in [0.05, 0.1) is 0 Å². The summed E-state index contributed by atoms with van der Waals surface area (Å²) >= 11 is 0. The van der Waals surface area contributed by atoms with Crippen molar-refractivity contribution in [2.45, 2.75) is 19.9 Å². The second-order valence-electron chi connectivity index (χ2n) is 7.42. The van der Waals surface area contributed by atoms with Crippen LogP contribution in [0.4, 0.5) is 4.79 Å². The molecule has 0 saturated carbocycles. The first-order valence-electron chi connectivity index (χ1n) is 9.86. The summed E-state index contributed by atoms with van der Waals surface area (Å²) in [6.45, 7) is 7.16. The maximum Gasteiger partial charge on any atom is 0.317 e. The highest BCUT2D eigenvalue weighted by Gasteiger charge is 2.21. The Morgan fingerprint density at radius 2 is 1.68 bits per heavy atom. The number of carbonyl (C=O) groups excluding carboxylic acids is 1. The van der Waals surface area contributed by atoms with E-state index in [2.05, 4.69) is 47.5 Å². The molecule has 2 heterocycles. The molecule has 2 aliphatic heterocycles. The standard InChI is InChI=1S/C22H27N3O3/c1-17-2-4-18(5-3-17)8-9-23-22(26)25-12-10-24(11-13-25)15-19-6-7-20-21(14-19)28-16-27-20/h2-7,14H,8-13,15-16H2,1H3,(H,23,26). The number of amides is 2. The molecular formula is C22H27N3O3. The molecule has 1 N–H and O–H groups in total. The number of rotatable bonds is 5. The van der Waals surface area contributed by atoms with Crippen molar-refractivity contribution in [3.63, 3.8) is 0 Å². The SMILES string of the molecule is Cc1ccc(CCNC(=O)N2CCN(Cc3ccc4c(c3)OCO4)CC2)cc1. The van der Waals surface area contributed by atoms with E-state index in [0.717, 1.165) is 50.6 Å². The first kappa shape index (κ1) is 18.6. The molecule has 28 heavy (non-hydrogen) atoms. The Hall–Kier alpha value is -2.73. The lowest BCUT2D eigenvalue weighted by molar-refractivity contribution is 0.135. The van der Waals surface area contributed by atoms with Gasteiger partial charge in [-0.05, 0) is 36.6 Å². The predicted molar refractivity (Wildman–Crippen MR) is 108 cm³/mol. The summed E-state index contributed by atoms with van der Waals surface area (Å²) in [7, 11) is 0. The second kappa shape index (κ2) is 8.52. The quantitative estimate of drug-likeness (QED) is 0.865. The minimum Gasteiger partial charge on any atom is -0.454 e. The van der Waals surface area contributed by atoms with Gasteiger partial charge >= 0.3 is 6.03 Å². The van der Waals surface area contributed by atoms with Crippen LogP contribution in [0, 0.1) is 6.92 Å². The van der Waals surface area contributed by atoms with Crippen molar-refractivity contribution in [3.05, 3.63) is 59.2 Å². The lowest BCUT2D eigenvalue weighted by atomic mass is 10.1. The average Bonchev–Trinajstić information content (AvgIpc) is 3.18. The van der Waals surface area contributed by atoms with Crippen molar-refractivity contribution in [1.29, 1.82) is 0 Å². The normalized spacial score (nSPS) is 16.2. The highest BCUT2D eigenvalue weighted by atomic mass is 16.7. The molecule has 0 aliphatic carbocycles. The third-order valence-corrected chi connectivity index (χ3v) is 5.31. The van der Waals surface area contributed by atoms with Crippen molar-refractivity contribution >= 4 is 6.03 Å². The van der Waals surface area contributed by atoms with Crippen molar-refractivity contribution in [2.75, 3.05) is 39.5 Å². The van der Waals surface area contributed by atoms with Crippen LogP contribution in [0.5, 0.6) is 11.5 Å². The number of hydrogen-bond donors (Lipinski definition) is 1. The fourth-order valence-corrected chi connectivity index (χ4v) is 3.59. The van der Waals surface area contributed by atoms with Crippen LogP contribution in [0.2, 0.25) is 0 Å². The highest BCUT2D eigenvalue weighted by molar-refractivity contribution is 5.74. The summed E-state index contributed by atoms with van der Waals surface area (Å²) in [6.07, 6.45) is 0.857. The van der Waals surface area contributed by atoms with Gasteiger partial charge in [0.25, 0.3) is 0 Å². The summed E-state index contributed by atoms with van der Waals surface area (Å²) in [4.78, 5) is 16.7. The van der Waals surface area contributed by atoms with Crippen molar-refractivity contribution < 1.29 is 14.3 Å². The number of hydrogen-bond acceptors (Lipinski definition) is 4. The van der Waals surface area contributed by atoms with Gasteiger partial charge in [-0.2, -0.15) is 0 Å². The Morgan fingerprint density at radius 3 is 2.46 bits per heavy atom. The minimum atomic E-state index is 0.0369. The molecule has 0 atom stereocenters. The number of urea groups is 1. The molecule has 2 aromatic rings. The van der Waals surface area contributed by atoms with E-state index in [0.29, 0.717) is 13.3 Å².